The first-order valence-corrected chi connectivity index (χ1v) is 12.3. The highest BCUT2D eigenvalue weighted by Crippen LogP contribution is 2.36. The first kappa shape index (κ1) is 23.4. The molecular formula is C25H39ClN2O2. The first-order chi connectivity index (χ1) is 14.4. The Morgan fingerprint density at radius 3 is 2.73 bits per heavy atom. The van der Waals surface area contributed by atoms with Crippen molar-refractivity contribution in [2.75, 3.05) is 13.1 Å². The number of likely N-dealkylation sites (tertiary alicyclic amines) is 1. The molecule has 3 atom stereocenters. The molecule has 1 aromatic rings. The number of urea groups is 1. The van der Waals surface area contributed by atoms with E-state index < -0.39 is 5.60 Å². The van der Waals surface area contributed by atoms with Gasteiger partial charge in [-0.25, -0.2) is 4.79 Å². The van der Waals surface area contributed by atoms with Gasteiger partial charge in [0.05, 0.1) is 5.60 Å². The van der Waals surface area contributed by atoms with Gasteiger partial charge in [0.2, 0.25) is 0 Å². The predicted molar refractivity (Wildman–Crippen MR) is 124 cm³/mol. The van der Waals surface area contributed by atoms with E-state index in [-0.39, 0.29) is 18.0 Å². The number of carbonyl (C=O) groups is 1. The number of nitrogens with one attached hydrogen (secondary N) is 1. The second kappa shape index (κ2) is 10.9. The normalized spacial score (nSPS) is 23.6. The minimum atomic E-state index is -1.01. The van der Waals surface area contributed by atoms with Crippen molar-refractivity contribution in [1.82, 2.24) is 10.2 Å². The molecule has 0 aromatic heterocycles. The smallest absolute Gasteiger partial charge is 0.317 e. The van der Waals surface area contributed by atoms with E-state index >= 15 is 0 Å². The van der Waals surface area contributed by atoms with Gasteiger partial charge in [0.15, 0.2) is 0 Å². The SMILES string of the molecule is CCC[C@H](CC1CCCCC1)NC(=O)N1CCC[C@@H]([C@](C)(O)c2cccc(Cl)c2)C1. The fourth-order valence-corrected chi connectivity index (χ4v) is 5.54. The van der Waals surface area contributed by atoms with Crippen LogP contribution >= 0.6 is 11.6 Å². The first-order valence-electron chi connectivity index (χ1n) is 11.9. The van der Waals surface area contributed by atoms with Crippen LogP contribution in [0.25, 0.3) is 0 Å². The number of piperidine rings is 1. The summed E-state index contributed by atoms with van der Waals surface area (Å²) in [6.45, 7) is 5.39. The number of halogens is 1. The second-order valence-electron chi connectivity index (χ2n) is 9.62. The van der Waals surface area contributed by atoms with Gasteiger partial charge in [-0.3, -0.25) is 0 Å². The van der Waals surface area contributed by atoms with Crippen LogP contribution in [0.3, 0.4) is 0 Å². The largest absolute Gasteiger partial charge is 0.385 e. The van der Waals surface area contributed by atoms with Crippen molar-refractivity contribution in [2.24, 2.45) is 11.8 Å². The molecule has 1 saturated carbocycles. The summed E-state index contributed by atoms with van der Waals surface area (Å²) in [6.07, 6.45) is 11.7. The average molecular weight is 435 g/mol. The van der Waals surface area contributed by atoms with Crippen molar-refractivity contribution in [2.45, 2.75) is 89.7 Å². The lowest BCUT2D eigenvalue weighted by Crippen LogP contribution is -2.52. The Balaban J connectivity index is 1.61. The highest BCUT2D eigenvalue weighted by molar-refractivity contribution is 6.30. The number of rotatable bonds is 7. The van der Waals surface area contributed by atoms with E-state index in [1.54, 1.807) is 0 Å². The highest BCUT2D eigenvalue weighted by Gasteiger charge is 2.38. The Kier molecular flexibility index (Phi) is 8.47. The fraction of sp³-hybridized carbons (Fsp3) is 0.720. The molecule has 0 radical (unpaired) electrons. The standard InChI is InChI=1S/C25H39ClN2O2/c1-3-9-23(16-19-10-5-4-6-11-19)27-24(29)28-15-8-13-21(18-28)25(2,30)20-12-7-14-22(26)17-20/h7,12,14,17,19,21,23,30H,3-6,8-11,13,15-16,18H2,1-2H3,(H,27,29)/t21-,23-,25-/m1/s1. The molecule has 1 aliphatic heterocycles. The summed E-state index contributed by atoms with van der Waals surface area (Å²) in [5.41, 5.74) is -0.183. The molecule has 2 amide bonds. The molecule has 0 unspecified atom stereocenters. The molecule has 1 aromatic carbocycles. The van der Waals surface area contributed by atoms with E-state index in [0.29, 0.717) is 11.6 Å². The summed E-state index contributed by atoms with van der Waals surface area (Å²) < 4.78 is 0. The van der Waals surface area contributed by atoms with Crippen LogP contribution in [-0.4, -0.2) is 35.2 Å². The van der Waals surface area contributed by atoms with Gasteiger partial charge in [0, 0.05) is 30.1 Å². The third-order valence-corrected chi connectivity index (χ3v) is 7.46. The van der Waals surface area contributed by atoms with Gasteiger partial charge in [-0.05, 0) is 56.2 Å². The van der Waals surface area contributed by atoms with E-state index in [1.165, 1.54) is 32.1 Å². The summed E-state index contributed by atoms with van der Waals surface area (Å²) in [4.78, 5) is 15.0. The van der Waals surface area contributed by atoms with Crippen molar-refractivity contribution >= 4 is 17.6 Å². The quantitative estimate of drug-likeness (QED) is 0.544. The Labute approximate surface area is 187 Å². The van der Waals surface area contributed by atoms with Gasteiger partial charge in [0.25, 0.3) is 0 Å². The number of carbonyl (C=O) groups excluding carboxylic acids is 1. The van der Waals surface area contributed by atoms with Crippen molar-refractivity contribution in [3.63, 3.8) is 0 Å². The van der Waals surface area contributed by atoms with E-state index in [4.69, 9.17) is 11.6 Å². The molecule has 168 valence electrons. The number of nitrogens with zero attached hydrogens (tertiary/aromatic N) is 1. The minimum absolute atomic E-state index is 0.00145. The van der Waals surface area contributed by atoms with Crippen molar-refractivity contribution in [1.29, 1.82) is 0 Å². The number of aliphatic hydroxyl groups is 1. The molecule has 1 heterocycles. The van der Waals surface area contributed by atoms with Crippen LogP contribution in [0.4, 0.5) is 4.79 Å². The maximum atomic E-state index is 13.1. The number of hydrogen-bond acceptors (Lipinski definition) is 2. The monoisotopic (exact) mass is 434 g/mol. The average Bonchev–Trinajstić information content (AvgIpc) is 2.74. The van der Waals surface area contributed by atoms with Crippen LogP contribution in [0.5, 0.6) is 0 Å². The van der Waals surface area contributed by atoms with Crippen LogP contribution in [-0.2, 0) is 5.60 Å². The van der Waals surface area contributed by atoms with Crippen LogP contribution in [0.1, 0.15) is 83.6 Å². The zero-order chi connectivity index (χ0) is 21.6. The molecule has 4 nitrogen and oxygen atoms in total. The van der Waals surface area contributed by atoms with Gasteiger partial charge in [-0.2, -0.15) is 0 Å². The Hall–Kier alpha value is -1.26. The van der Waals surface area contributed by atoms with Gasteiger partial charge in [0.1, 0.15) is 0 Å². The summed E-state index contributed by atoms with van der Waals surface area (Å²) >= 11 is 6.15. The van der Waals surface area contributed by atoms with E-state index in [2.05, 4.69) is 12.2 Å². The van der Waals surface area contributed by atoms with Gasteiger partial charge in [-0.1, -0.05) is 69.2 Å². The maximum absolute atomic E-state index is 13.1. The second-order valence-corrected chi connectivity index (χ2v) is 10.1. The van der Waals surface area contributed by atoms with E-state index in [9.17, 15) is 9.90 Å². The number of hydrogen-bond donors (Lipinski definition) is 2. The van der Waals surface area contributed by atoms with Gasteiger partial charge in [-0.15, -0.1) is 0 Å². The third-order valence-electron chi connectivity index (χ3n) is 7.22. The maximum Gasteiger partial charge on any atom is 0.317 e. The summed E-state index contributed by atoms with van der Waals surface area (Å²) in [5, 5.41) is 15.3. The fourth-order valence-electron chi connectivity index (χ4n) is 5.35. The van der Waals surface area contributed by atoms with Crippen LogP contribution in [0.15, 0.2) is 24.3 Å². The van der Waals surface area contributed by atoms with E-state index in [1.807, 2.05) is 36.1 Å². The van der Waals surface area contributed by atoms with Crippen LogP contribution in [0, 0.1) is 11.8 Å². The molecule has 2 aliphatic rings. The molecule has 0 bridgehead atoms. The lowest BCUT2D eigenvalue weighted by Gasteiger charge is -2.41. The Morgan fingerprint density at radius 1 is 1.27 bits per heavy atom. The Bertz CT molecular complexity index is 687. The topological polar surface area (TPSA) is 52.6 Å². The number of benzene rings is 1. The van der Waals surface area contributed by atoms with Crippen LogP contribution in [0.2, 0.25) is 5.02 Å². The molecule has 1 saturated heterocycles. The predicted octanol–water partition coefficient (Wildman–Crippen LogP) is 6.11. The third kappa shape index (κ3) is 6.13. The molecule has 2 fully saturated rings. The minimum Gasteiger partial charge on any atom is -0.385 e. The molecule has 5 heteroatoms. The summed E-state index contributed by atoms with van der Waals surface area (Å²) in [6, 6.07) is 7.76. The van der Waals surface area contributed by atoms with Gasteiger partial charge >= 0.3 is 6.03 Å². The molecule has 1 aliphatic carbocycles. The lowest BCUT2D eigenvalue weighted by molar-refractivity contribution is -0.0314. The van der Waals surface area contributed by atoms with E-state index in [0.717, 1.165) is 50.1 Å². The van der Waals surface area contributed by atoms with Crippen molar-refractivity contribution in [3.05, 3.63) is 34.9 Å². The zero-order valence-corrected chi connectivity index (χ0v) is 19.5. The molecular weight excluding hydrogens is 396 g/mol. The molecule has 30 heavy (non-hydrogen) atoms. The zero-order valence-electron chi connectivity index (χ0n) is 18.7. The lowest BCUT2D eigenvalue weighted by atomic mass is 9.78. The summed E-state index contributed by atoms with van der Waals surface area (Å²) in [5.74, 6) is 0.756. The Morgan fingerprint density at radius 2 is 2.03 bits per heavy atom. The molecule has 2 N–H and O–H groups in total. The van der Waals surface area contributed by atoms with Crippen molar-refractivity contribution < 1.29 is 9.90 Å². The molecule has 3 rings (SSSR count). The van der Waals surface area contributed by atoms with Gasteiger partial charge < -0.3 is 15.3 Å². The number of amides is 2. The van der Waals surface area contributed by atoms with Crippen LogP contribution < -0.4 is 5.32 Å². The summed E-state index contributed by atoms with van der Waals surface area (Å²) in [7, 11) is 0. The highest BCUT2D eigenvalue weighted by atomic mass is 35.5. The molecule has 0 spiro atoms. The van der Waals surface area contributed by atoms with Crippen molar-refractivity contribution in [3.8, 4) is 0 Å².